The van der Waals surface area contributed by atoms with E-state index in [0.717, 1.165) is 89.9 Å². The van der Waals surface area contributed by atoms with Crippen LogP contribution in [0.5, 0.6) is 0 Å². The number of carbonyl (C=O) groups excluding carboxylic acids is 3. The van der Waals surface area contributed by atoms with Gasteiger partial charge >= 0.3 is 17.9 Å². The molecular weight excluding hydrogens is 709 g/mol. The molecule has 0 amide bonds. The van der Waals surface area contributed by atoms with Gasteiger partial charge in [0.05, 0.1) is 13.2 Å². The average molecular weight is 807 g/mol. The molecule has 338 valence electrons. The van der Waals surface area contributed by atoms with Crippen LogP contribution >= 0.6 is 0 Å². The largest absolute Gasteiger partial charge is 0.465 e. The van der Waals surface area contributed by atoms with Gasteiger partial charge in [-0.05, 0) is 76.0 Å². The summed E-state index contributed by atoms with van der Waals surface area (Å²) < 4.78 is 17.3. The van der Waals surface area contributed by atoms with Crippen LogP contribution in [-0.2, 0) is 28.6 Å². The summed E-state index contributed by atoms with van der Waals surface area (Å²) in [6.45, 7) is 12.3. The number of rotatable bonds is 45. The molecule has 0 aliphatic rings. The molecule has 0 aromatic rings. The van der Waals surface area contributed by atoms with Crippen LogP contribution in [-0.4, -0.2) is 37.2 Å². The lowest BCUT2D eigenvalue weighted by molar-refractivity contribution is -0.150. The maximum Gasteiger partial charge on any atom is 0.306 e. The van der Waals surface area contributed by atoms with Crippen molar-refractivity contribution in [2.75, 3.05) is 13.2 Å². The van der Waals surface area contributed by atoms with E-state index in [9.17, 15) is 14.4 Å². The predicted molar refractivity (Wildman–Crippen MR) is 243 cm³/mol. The van der Waals surface area contributed by atoms with E-state index >= 15 is 0 Å². The van der Waals surface area contributed by atoms with E-state index in [1.165, 1.54) is 135 Å². The zero-order valence-corrected chi connectivity index (χ0v) is 39.0. The van der Waals surface area contributed by atoms with Crippen LogP contribution in [0.25, 0.3) is 0 Å². The number of unbranched alkanes of at least 4 members (excludes halogenated alkanes) is 23. The van der Waals surface area contributed by atoms with Crippen molar-refractivity contribution in [2.24, 2.45) is 11.8 Å². The highest BCUT2D eigenvalue weighted by Gasteiger charge is 2.15. The average Bonchev–Trinajstić information content (AvgIpc) is 3.21. The Balaban J connectivity index is 4.20. The second kappa shape index (κ2) is 44.0. The molecule has 0 rings (SSSR count). The summed E-state index contributed by atoms with van der Waals surface area (Å²) in [5.74, 6) is 0.965. The highest BCUT2D eigenvalue weighted by molar-refractivity contribution is 5.70. The smallest absolute Gasteiger partial charge is 0.306 e. The van der Waals surface area contributed by atoms with Crippen molar-refractivity contribution in [1.29, 1.82) is 0 Å². The Morgan fingerprint density at radius 3 is 1.11 bits per heavy atom. The molecule has 0 aliphatic carbocycles. The lowest BCUT2D eigenvalue weighted by Gasteiger charge is -2.18. The van der Waals surface area contributed by atoms with Crippen LogP contribution in [0.2, 0.25) is 0 Å². The molecule has 0 aromatic carbocycles. The van der Waals surface area contributed by atoms with E-state index in [-0.39, 0.29) is 24.0 Å². The van der Waals surface area contributed by atoms with Gasteiger partial charge in [-0.2, -0.15) is 0 Å². The molecule has 3 unspecified atom stereocenters. The topological polar surface area (TPSA) is 78.9 Å². The van der Waals surface area contributed by atoms with Gasteiger partial charge in [-0.1, -0.05) is 195 Å². The van der Waals surface area contributed by atoms with Gasteiger partial charge in [0.1, 0.15) is 6.10 Å². The van der Waals surface area contributed by atoms with Crippen LogP contribution in [0.3, 0.4) is 0 Å². The first-order valence-electron chi connectivity index (χ1n) is 25.4. The van der Waals surface area contributed by atoms with E-state index in [0.29, 0.717) is 44.3 Å². The molecule has 0 fully saturated rings. The van der Waals surface area contributed by atoms with Gasteiger partial charge in [0, 0.05) is 19.3 Å². The van der Waals surface area contributed by atoms with Crippen molar-refractivity contribution >= 4 is 17.9 Å². The third kappa shape index (κ3) is 39.6. The normalized spacial score (nSPS) is 13.0. The molecule has 0 bridgehead atoms. The molecule has 0 saturated heterocycles. The minimum atomic E-state index is -0.0219. The summed E-state index contributed by atoms with van der Waals surface area (Å²) >= 11 is 0. The number of carbonyl (C=O) groups is 3. The Hall–Kier alpha value is -1.59. The monoisotopic (exact) mass is 807 g/mol. The van der Waals surface area contributed by atoms with Gasteiger partial charge < -0.3 is 14.2 Å². The van der Waals surface area contributed by atoms with Gasteiger partial charge in [-0.3, -0.25) is 14.4 Å². The predicted octanol–water partition coefficient (Wildman–Crippen LogP) is 16.1. The van der Waals surface area contributed by atoms with Gasteiger partial charge in [0.2, 0.25) is 0 Å². The zero-order chi connectivity index (χ0) is 41.9. The quantitative estimate of drug-likeness (QED) is 0.0346. The van der Waals surface area contributed by atoms with E-state index in [1.807, 2.05) is 0 Å². The fraction of sp³-hybridized carbons (Fsp3) is 0.941. The summed E-state index contributed by atoms with van der Waals surface area (Å²) in [6, 6.07) is 0. The Morgan fingerprint density at radius 1 is 0.333 bits per heavy atom. The molecule has 0 heterocycles. The molecule has 0 aliphatic heterocycles. The van der Waals surface area contributed by atoms with Crippen molar-refractivity contribution in [2.45, 2.75) is 285 Å². The highest BCUT2D eigenvalue weighted by atomic mass is 16.5. The van der Waals surface area contributed by atoms with E-state index < -0.39 is 0 Å². The van der Waals surface area contributed by atoms with Crippen LogP contribution in [0.15, 0.2) is 0 Å². The van der Waals surface area contributed by atoms with Crippen LogP contribution in [0.4, 0.5) is 0 Å². The Labute approximate surface area is 355 Å². The number of hydrogen-bond donors (Lipinski definition) is 0. The summed E-state index contributed by atoms with van der Waals surface area (Å²) in [5, 5.41) is 0. The van der Waals surface area contributed by atoms with Crippen molar-refractivity contribution < 1.29 is 28.6 Å². The summed E-state index contributed by atoms with van der Waals surface area (Å²) in [6.07, 6.45) is 42.8. The van der Waals surface area contributed by atoms with Gasteiger partial charge in [-0.15, -0.1) is 0 Å². The molecule has 3 atom stereocenters. The first kappa shape index (κ1) is 55.4. The first-order valence-corrected chi connectivity index (χ1v) is 25.4. The Morgan fingerprint density at radius 2 is 0.649 bits per heavy atom. The van der Waals surface area contributed by atoms with Crippen molar-refractivity contribution in [3.63, 3.8) is 0 Å². The fourth-order valence-electron chi connectivity index (χ4n) is 7.92. The number of ether oxygens (including phenoxy) is 3. The van der Waals surface area contributed by atoms with Gasteiger partial charge in [-0.25, -0.2) is 0 Å². The van der Waals surface area contributed by atoms with Crippen molar-refractivity contribution in [3.05, 3.63) is 0 Å². The number of esters is 3. The van der Waals surface area contributed by atoms with Crippen molar-refractivity contribution in [3.8, 4) is 0 Å². The third-order valence-corrected chi connectivity index (χ3v) is 12.0. The van der Waals surface area contributed by atoms with Gasteiger partial charge in [0.25, 0.3) is 0 Å². The molecule has 0 aromatic heterocycles. The lowest BCUT2D eigenvalue weighted by Crippen LogP contribution is -2.18. The minimum Gasteiger partial charge on any atom is -0.465 e. The maximum absolute atomic E-state index is 12.7. The SMILES string of the molecule is CCCCCCCCC(CCCCCCCCC(=O)OCC(CC)CCCC)COC(=O)CCCCCCCCCCC(CCCCCC)OC(=O)CCCCC. The summed E-state index contributed by atoms with van der Waals surface area (Å²) in [7, 11) is 0. The minimum absolute atomic E-state index is 0.00457. The van der Waals surface area contributed by atoms with E-state index in [4.69, 9.17) is 14.2 Å². The van der Waals surface area contributed by atoms with E-state index in [1.54, 1.807) is 0 Å². The second-order valence-electron chi connectivity index (χ2n) is 17.7. The summed E-state index contributed by atoms with van der Waals surface area (Å²) in [4.78, 5) is 37.2. The molecule has 0 radical (unpaired) electrons. The number of hydrogen-bond acceptors (Lipinski definition) is 6. The van der Waals surface area contributed by atoms with Crippen molar-refractivity contribution in [1.82, 2.24) is 0 Å². The molecular formula is C51H98O6. The molecule has 0 spiro atoms. The van der Waals surface area contributed by atoms with Crippen LogP contribution < -0.4 is 0 Å². The fourth-order valence-corrected chi connectivity index (χ4v) is 7.92. The lowest BCUT2D eigenvalue weighted by atomic mass is 9.94. The maximum atomic E-state index is 12.7. The van der Waals surface area contributed by atoms with E-state index in [2.05, 4.69) is 34.6 Å². The molecule has 6 nitrogen and oxygen atoms in total. The third-order valence-electron chi connectivity index (χ3n) is 12.0. The zero-order valence-electron chi connectivity index (χ0n) is 39.0. The molecule has 57 heavy (non-hydrogen) atoms. The summed E-state index contributed by atoms with van der Waals surface area (Å²) in [5.41, 5.74) is 0. The standard InChI is InChI=1S/C51H98O6/c1-6-11-15-17-24-30-37-47(38-31-25-22-23-28-35-41-49(52)55-44-46(10-5)36-14-9-4)45-56-50(53)42-34-27-21-19-18-20-26-33-40-48(39-32-16-12-7-2)57-51(54)43-29-13-8-3/h46-48H,6-45H2,1-5H3. The first-order chi connectivity index (χ1) is 27.9. The molecule has 0 saturated carbocycles. The Kier molecular flexibility index (Phi) is 42.7. The van der Waals surface area contributed by atoms with Gasteiger partial charge in [0.15, 0.2) is 0 Å². The second-order valence-corrected chi connectivity index (χ2v) is 17.7. The van der Waals surface area contributed by atoms with Crippen LogP contribution in [0.1, 0.15) is 279 Å². The molecule has 0 N–H and O–H groups in total. The molecule has 6 heteroatoms. The highest BCUT2D eigenvalue weighted by Crippen LogP contribution is 2.22. The van der Waals surface area contributed by atoms with Crippen LogP contribution in [0, 0.1) is 11.8 Å². The Bertz CT molecular complexity index is 874.